The van der Waals surface area contributed by atoms with Gasteiger partial charge in [-0.15, -0.1) is 0 Å². The largest absolute Gasteiger partial charge is 0.490 e. The van der Waals surface area contributed by atoms with Crippen LogP contribution in [0.4, 0.5) is 5.69 Å². The van der Waals surface area contributed by atoms with E-state index in [1.807, 2.05) is 0 Å². The Bertz CT molecular complexity index is 444. The molecular formula is C12H13NO4. The molecule has 0 radical (unpaired) electrons. The molecule has 90 valence electrons. The van der Waals surface area contributed by atoms with Crippen LogP contribution in [0.3, 0.4) is 0 Å². The van der Waals surface area contributed by atoms with Crippen molar-refractivity contribution in [3.8, 4) is 11.5 Å². The molecular weight excluding hydrogens is 222 g/mol. The van der Waals surface area contributed by atoms with Crippen LogP contribution in [0.15, 0.2) is 18.2 Å². The number of hydrogen-bond acceptors (Lipinski definition) is 4. The van der Waals surface area contributed by atoms with E-state index in [0.29, 0.717) is 30.4 Å². The van der Waals surface area contributed by atoms with Crippen LogP contribution >= 0.6 is 0 Å². The van der Waals surface area contributed by atoms with Gasteiger partial charge in [-0.25, -0.2) is 0 Å². The molecule has 0 unspecified atom stereocenters. The van der Waals surface area contributed by atoms with Gasteiger partial charge >= 0.3 is 0 Å². The molecule has 0 N–H and O–H groups in total. The molecule has 0 saturated heterocycles. The fraction of sp³-hybridized carbons (Fsp3) is 0.333. The summed E-state index contributed by atoms with van der Waals surface area (Å²) in [6, 6.07) is 5.15. The lowest BCUT2D eigenvalue weighted by molar-refractivity contribution is -0.129. The molecule has 0 atom stereocenters. The van der Waals surface area contributed by atoms with Crippen LogP contribution in [0.25, 0.3) is 0 Å². The Morgan fingerprint density at radius 2 is 2.00 bits per heavy atom. The second-order valence-corrected chi connectivity index (χ2v) is 3.70. The molecule has 1 heterocycles. The SMILES string of the molecule is CN(C(=O)C=O)c1ccc2c(c1)OCCCO2. The number of hydrogen-bond donors (Lipinski definition) is 0. The average Bonchev–Trinajstić information content (AvgIpc) is 2.61. The maximum atomic E-state index is 11.2. The van der Waals surface area contributed by atoms with Gasteiger partial charge in [-0.1, -0.05) is 0 Å². The van der Waals surface area contributed by atoms with E-state index >= 15 is 0 Å². The van der Waals surface area contributed by atoms with Crippen molar-refractivity contribution < 1.29 is 19.1 Å². The molecule has 0 aromatic heterocycles. The highest BCUT2D eigenvalue weighted by atomic mass is 16.5. The van der Waals surface area contributed by atoms with Crippen LogP contribution in [-0.2, 0) is 9.59 Å². The maximum absolute atomic E-state index is 11.2. The van der Waals surface area contributed by atoms with Gasteiger partial charge in [0.15, 0.2) is 11.5 Å². The minimum atomic E-state index is -0.598. The van der Waals surface area contributed by atoms with Gasteiger partial charge in [0.25, 0.3) is 5.91 Å². The van der Waals surface area contributed by atoms with Crippen molar-refractivity contribution in [2.24, 2.45) is 0 Å². The Morgan fingerprint density at radius 1 is 1.29 bits per heavy atom. The summed E-state index contributed by atoms with van der Waals surface area (Å²) in [6.07, 6.45) is 1.11. The quantitative estimate of drug-likeness (QED) is 0.567. The molecule has 0 spiro atoms. The summed E-state index contributed by atoms with van der Waals surface area (Å²) < 4.78 is 11.0. The predicted octanol–water partition coefficient (Wildman–Crippen LogP) is 1.01. The number of ether oxygens (including phenoxy) is 2. The molecule has 5 nitrogen and oxygen atoms in total. The Labute approximate surface area is 98.9 Å². The lowest BCUT2D eigenvalue weighted by atomic mass is 10.2. The third-order valence-corrected chi connectivity index (χ3v) is 2.55. The number of amides is 1. The van der Waals surface area contributed by atoms with Crippen molar-refractivity contribution in [2.45, 2.75) is 6.42 Å². The zero-order valence-corrected chi connectivity index (χ0v) is 9.51. The fourth-order valence-electron chi connectivity index (χ4n) is 1.57. The molecule has 1 aliphatic heterocycles. The molecule has 1 amide bonds. The van der Waals surface area contributed by atoms with Crippen molar-refractivity contribution in [1.82, 2.24) is 0 Å². The van der Waals surface area contributed by atoms with Crippen LogP contribution < -0.4 is 14.4 Å². The molecule has 0 bridgehead atoms. The topological polar surface area (TPSA) is 55.8 Å². The number of aldehydes is 1. The molecule has 1 aliphatic rings. The summed E-state index contributed by atoms with van der Waals surface area (Å²) >= 11 is 0. The smallest absolute Gasteiger partial charge is 0.290 e. The molecule has 5 heteroatoms. The lowest BCUT2D eigenvalue weighted by Crippen LogP contribution is -2.26. The Balaban J connectivity index is 2.29. The molecule has 2 rings (SSSR count). The minimum Gasteiger partial charge on any atom is -0.490 e. The van der Waals surface area contributed by atoms with Crippen molar-refractivity contribution in [3.05, 3.63) is 18.2 Å². The van der Waals surface area contributed by atoms with E-state index in [1.165, 1.54) is 11.9 Å². The van der Waals surface area contributed by atoms with E-state index < -0.39 is 5.91 Å². The van der Waals surface area contributed by atoms with E-state index in [4.69, 9.17) is 9.47 Å². The Morgan fingerprint density at radius 3 is 2.71 bits per heavy atom. The van der Waals surface area contributed by atoms with Crippen molar-refractivity contribution in [1.29, 1.82) is 0 Å². The monoisotopic (exact) mass is 235 g/mol. The summed E-state index contributed by atoms with van der Waals surface area (Å²) in [6.45, 7) is 1.21. The first-order valence-corrected chi connectivity index (χ1v) is 5.35. The average molecular weight is 235 g/mol. The first kappa shape index (κ1) is 11.4. The molecule has 0 aliphatic carbocycles. The zero-order valence-electron chi connectivity index (χ0n) is 9.51. The van der Waals surface area contributed by atoms with Gasteiger partial charge in [-0.3, -0.25) is 9.59 Å². The van der Waals surface area contributed by atoms with E-state index in [9.17, 15) is 9.59 Å². The van der Waals surface area contributed by atoms with Gasteiger partial charge in [-0.05, 0) is 12.1 Å². The zero-order chi connectivity index (χ0) is 12.3. The van der Waals surface area contributed by atoms with Crippen LogP contribution in [0.2, 0.25) is 0 Å². The molecule has 0 saturated carbocycles. The first-order valence-electron chi connectivity index (χ1n) is 5.35. The number of fused-ring (bicyclic) bond motifs is 1. The number of carbonyl (C=O) groups is 2. The van der Waals surface area contributed by atoms with Gasteiger partial charge in [0.05, 0.1) is 13.2 Å². The molecule has 17 heavy (non-hydrogen) atoms. The maximum Gasteiger partial charge on any atom is 0.290 e. The number of rotatable bonds is 2. The third kappa shape index (κ3) is 2.38. The third-order valence-electron chi connectivity index (χ3n) is 2.55. The van der Waals surface area contributed by atoms with Crippen LogP contribution in [0.5, 0.6) is 11.5 Å². The predicted molar refractivity (Wildman–Crippen MR) is 61.5 cm³/mol. The Hall–Kier alpha value is -2.04. The number of carbonyl (C=O) groups excluding carboxylic acids is 2. The number of anilines is 1. The number of benzene rings is 1. The highest BCUT2D eigenvalue weighted by Crippen LogP contribution is 2.33. The first-order chi connectivity index (χ1) is 8.22. The van der Waals surface area contributed by atoms with E-state index in [0.717, 1.165) is 6.42 Å². The fourth-order valence-corrected chi connectivity index (χ4v) is 1.57. The molecule has 1 aromatic rings. The minimum absolute atomic E-state index is 0.281. The van der Waals surface area contributed by atoms with Gasteiger partial charge in [0, 0.05) is 25.2 Å². The highest BCUT2D eigenvalue weighted by molar-refractivity contribution is 6.30. The molecule has 0 fully saturated rings. The highest BCUT2D eigenvalue weighted by Gasteiger charge is 2.15. The summed E-state index contributed by atoms with van der Waals surface area (Å²) in [4.78, 5) is 22.9. The normalized spacial score (nSPS) is 13.7. The second-order valence-electron chi connectivity index (χ2n) is 3.70. The van der Waals surface area contributed by atoms with Crippen LogP contribution in [0, 0.1) is 0 Å². The van der Waals surface area contributed by atoms with E-state index in [1.54, 1.807) is 18.2 Å². The van der Waals surface area contributed by atoms with Crippen molar-refractivity contribution in [3.63, 3.8) is 0 Å². The van der Waals surface area contributed by atoms with Gasteiger partial charge in [0.1, 0.15) is 0 Å². The Kier molecular flexibility index (Phi) is 3.27. The summed E-state index contributed by atoms with van der Waals surface area (Å²) in [5, 5.41) is 0. The van der Waals surface area contributed by atoms with E-state index in [-0.39, 0.29) is 6.29 Å². The van der Waals surface area contributed by atoms with Crippen molar-refractivity contribution >= 4 is 17.9 Å². The van der Waals surface area contributed by atoms with Gasteiger partial charge in [0.2, 0.25) is 6.29 Å². The summed E-state index contributed by atoms with van der Waals surface area (Å²) in [7, 11) is 1.54. The van der Waals surface area contributed by atoms with Crippen molar-refractivity contribution in [2.75, 3.05) is 25.2 Å². The van der Waals surface area contributed by atoms with Gasteiger partial charge in [-0.2, -0.15) is 0 Å². The second kappa shape index (κ2) is 4.86. The molecule has 1 aromatic carbocycles. The summed E-state index contributed by atoms with van der Waals surface area (Å²) in [5.74, 6) is 0.670. The number of likely N-dealkylation sites (N-methyl/N-ethyl adjacent to an activating group) is 1. The van der Waals surface area contributed by atoms with Crippen LogP contribution in [0.1, 0.15) is 6.42 Å². The standard InChI is InChI=1S/C12H13NO4/c1-13(12(15)8-14)9-3-4-10-11(7-9)17-6-2-5-16-10/h3-4,7-8H,2,5-6H2,1H3. The number of nitrogens with zero attached hydrogens (tertiary/aromatic N) is 1. The summed E-state index contributed by atoms with van der Waals surface area (Å²) in [5.41, 5.74) is 0.603. The van der Waals surface area contributed by atoms with E-state index in [2.05, 4.69) is 0 Å². The van der Waals surface area contributed by atoms with Gasteiger partial charge < -0.3 is 14.4 Å². The van der Waals surface area contributed by atoms with Crippen LogP contribution in [-0.4, -0.2) is 32.5 Å². The lowest BCUT2D eigenvalue weighted by Gasteiger charge is -2.16.